The van der Waals surface area contributed by atoms with E-state index < -0.39 is 0 Å². The Bertz CT molecular complexity index is 3330. The van der Waals surface area contributed by atoms with Gasteiger partial charge in [0.25, 0.3) is 0 Å². The first-order valence-corrected chi connectivity index (χ1v) is 22.1. The van der Waals surface area contributed by atoms with Crippen LogP contribution in [0.1, 0.15) is 22.3 Å². The zero-order valence-corrected chi connectivity index (χ0v) is 35.4. The van der Waals surface area contributed by atoms with Crippen LogP contribution in [0.2, 0.25) is 0 Å². The van der Waals surface area contributed by atoms with Gasteiger partial charge in [0, 0.05) is 33.4 Å². The molecule has 304 valence electrons. The molecule has 10 aromatic carbocycles. The Labute approximate surface area is 375 Å². The lowest BCUT2D eigenvalue weighted by molar-refractivity contribution is 0.670. The maximum atomic E-state index is 6.45. The SMILES string of the molecule is c1ccc(-c2ccc(Cc3ccccc3-c3ccc(N(c4ccccc4)c4ccc(-c5cccc6c5oc5ccccc56)cc4)cc3Cc3ccc(-c4ccccc4)cc3)cc2)cc1. The molecule has 0 aliphatic heterocycles. The van der Waals surface area contributed by atoms with Crippen molar-refractivity contribution in [2.75, 3.05) is 4.90 Å². The van der Waals surface area contributed by atoms with Crippen LogP contribution in [0.25, 0.3) is 66.4 Å². The maximum absolute atomic E-state index is 6.45. The summed E-state index contributed by atoms with van der Waals surface area (Å²) in [6.45, 7) is 0. The van der Waals surface area contributed by atoms with Gasteiger partial charge in [-0.05, 0) is 117 Å². The van der Waals surface area contributed by atoms with Gasteiger partial charge in [0.15, 0.2) is 0 Å². The molecule has 0 aliphatic rings. The summed E-state index contributed by atoms with van der Waals surface area (Å²) in [6.07, 6.45) is 1.61. The van der Waals surface area contributed by atoms with E-state index in [1.165, 1.54) is 55.6 Å². The number of anilines is 3. The van der Waals surface area contributed by atoms with Crippen molar-refractivity contribution in [3.05, 3.63) is 271 Å². The molecule has 0 N–H and O–H groups in total. The van der Waals surface area contributed by atoms with Crippen LogP contribution in [0.5, 0.6) is 0 Å². The minimum Gasteiger partial charge on any atom is -0.455 e. The third-order valence-corrected chi connectivity index (χ3v) is 12.4. The zero-order valence-electron chi connectivity index (χ0n) is 35.4. The molecule has 0 amide bonds. The fourth-order valence-electron chi connectivity index (χ4n) is 9.19. The highest BCUT2D eigenvalue weighted by Crippen LogP contribution is 2.41. The third-order valence-electron chi connectivity index (χ3n) is 12.4. The second-order valence-electron chi connectivity index (χ2n) is 16.5. The van der Waals surface area contributed by atoms with Crippen LogP contribution in [-0.2, 0) is 12.8 Å². The van der Waals surface area contributed by atoms with Gasteiger partial charge in [0.05, 0.1) is 0 Å². The van der Waals surface area contributed by atoms with E-state index >= 15 is 0 Å². The number of furan rings is 1. The van der Waals surface area contributed by atoms with Crippen LogP contribution in [0.3, 0.4) is 0 Å². The predicted octanol–water partition coefficient (Wildman–Crippen LogP) is 16.9. The van der Waals surface area contributed by atoms with Gasteiger partial charge in [-0.25, -0.2) is 0 Å². The van der Waals surface area contributed by atoms with Gasteiger partial charge >= 0.3 is 0 Å². The van der Waals surface area contributed by atoms with Gasteiger partial charge in [-0.2, -0.15) is 0 Å². The Hall–Kier alpha value is -8.20. The fraction of sp³-hybridized carbons (Fsp3) is 0.0323. The predicted molar refractivity (Wildman–Crippen MR) is 269 cm³/mol. The number of rotatable bonds is 11. The van der Waals surface area contributed by atoms with E-state index in [9.17, 15) is 0 Å². The molecule has 1 heterocycles. The van der Waals surface area contributed by atoms with Crippen molar-refractivity contribution >= 4 is 39.0 Å². The molecule has 11 aromatic rings. The Morgan fingerprint density at radius 2 is 0.766 bits per heavy atom. The second kappa shape index (κ2) is 17.3. The van der Waals surface area contributed by atoms with Crippen molar-refractivity contribution in [2.24, 2.45) is 0 Å². The lowest BCUT2D eigenvalue weighted by Crippen LogP contribution is -2.10. The quantitative estimate of drug-likeness (QED) is 0.129. The second-order valence-corrected chi connectivity index (χ2v) is 16.5. The number of hydrogen-bond donors (Lipinski definition) is 0. The number of para-hydroxylation sites is 3. The van der Waals surface area contributed by atoms with Crippen molar-refractivity contribution in [3.63, 3.8) is 0 Å². The van der Waals surface area contributed by atoms with Crippen LogP contribution >= 0.6 is 0 Å². The number of fused-ring (bicyclic) bond motifs is 3. The highest BCUT2D eigenvalue weighted by molar-refractivity contribution is 6.09. The van der Waals surface area contributed by atoms with Crippen LogP contribution in [0, 0.1) is 0 Å². The zero-order chi connectivity index (χ0) is 42.7. The summed E-state index contributed by atoms with van der Waals surface area (Å²) >= 11 is 0. The molecule has 0 aliphatic carbocycles. The molecule has 11 rings (SSSR count). The first kappa shape index (κ1) is 38.7. The first-order valence-electron chi connectivity index (χ1n) is 22.1. The molecule has 0 unspecified atom stereocenters. The molecule has 0 radical (unpaired) electrons. The monoisotopic (exact) mass is 819 g/mol. The van der Waals surface area contributed by atoms with E-state index in [0.717, 1.165) is 63.0 Å². The Morgan fingerprint density at radius 3 is 1.44 bits per heavy atom. The summed E-state index contributed by atoms with van der Waals surface area (Å²) in [5.41, 5.74) is 19.8. The summed E-state index contributed by atoms with van der Waals surface area (Å²) in [5.74, 6) is 0. The molecule has 2 heteroatoms. The molecule has 0 saturated carbocycles. The van der Waals surface area contributed by atoms with Crippen molar-refractivity contribution in [1.82, 2.24) is 0 Å². The number of hydrogen-bond acceptors (Lipinski definition) is 2. The molecular formula is C62H45NO. The van der Waals surface area contributed by atoms with Crippen LogP contribution in [-0.4, -0.2) is 0 Å². The average Bonchev–Trinajstić information content (AvgIpc) is 3.75. The minimum absolute atomic E-state index is 0.779. The lowest BCUT2D eigenvalue weighted by atomic mass is 9.89. The summed E-state index contributed by atoms with van der Waals surface area (Å²) in [4.78, 5) is 2.37. The smallest absolute Gasteiger partial charge is 0.143 e. The minimum atomic E-state index is 0.779. The highest BCUT2D eigenvalue weighted by Gasteiger charge is 2.19. The third kappa shape index (κ3) is 7.79. The van der Waals surface area contributed by atoms with Crippen molar-refractivity contribution < 1.29 is 4.42 Å². The van der Waals surface area contributed by atoms with Crippen molar-refractivity contribution in [3.8, 4) is 44.5 Å². The van der Waals surface area contributed by atoms with Crippen LogP contribution in [0.15, 0.2) is 253 Å². The molecule has 0 saturated heterocycles. The Morgan fingerprint density at radius 1 is 0.297 bits per heavy atom. The van der Waals surface area contributed by atoms with E-state index in [-0.39, 0.29) is 0 Å². The normalized spacial score (nSPS) is 11.2. The van der Waals surface area contributed by atoms with E-state index in [1.54, 1.807) is 0 Å². The largest absolute Gasteiger partial charge is 0.455 e. The summed E-state index contributed by atoms with van der Waals surface area (Å²) < 4.78 is 6.45. The van der Waals surface area contributed by atoms with Gasteiger partial charge < -0.3 is 9.32 Å². The standard InChI is InChI=1S/C62H45NO/c1-4-15-46(16-5-1)48-31-27-44(28-32-48)41-51-19-10-11-22-56(51)57-40-39-55(43-52(57)42-45-29-33-49(34-30-45)47-17-6-2-7-18-47)63(53-20-8-3-9-21-53)54-37-35-50(36-38-54)58-24-14-25-60-59-23-12-13-26-61(59)64-62(58)60/h1-40,43H,41-42H2. The van der Waals surface area contributed by atoms with Crippen LogP contribution in [0.4, 0.5) is 17.1 Å². The van der Waals surface area contributed by atoms with Gasteiger partial charge in [0.2, 0.25) is 0 Å². The number of nitrogens with zero attached hydrogens (tertiary/aromatic N) is 1. The van der Waals surface area contributed by atoms with E-state index in [0.29, 0.717) is 0 Å². The summed E-state index contributed by atoms with van der Waals surface area (Å²) in [5, 5.41) is 2.27. The molecule has 1 aromatic heterocycles. The number of benzene rings is 10. The molecule has 0 fully saturated rings. The summed E-state index contributed by atoms with van der Waals surface area (Å²) in [6, 6.07) is 89.6. The van der Waals surface area contributed by atoms with Crippen molar-refractivity contribution in [2.45, 2.75) is 12.8 Å². The van der Waals surface area contributed by atoms with Gasteiger partial charge in [-0.3, -0.25) is 0 Å². The molecular weight excluding hydrogens is 775 g/mol. The van der Waals surface area contributed by atoms with Crippen LogP contribution < -0.4 is 4.90 Å². The first-order chi connectivity index (χ1) is 31.7. The highest BCUT2D eigenvalue weighted by atomic mass is 16.3. The molecule has 2 nitrogen and oxygen atoms in total. The van der Waals surface area contributed by atoms with E-state index in [4.69, 9.17) is 4.42 Å². The Balaban J connectivity index is 0.988. The Kier molecular flexibility index (Phi) is 10.5. The lowest BCUT2D eigenvalue weighted by Gasteiger charge is -2.27. The van der Waals surface area contributed by atoms with Gasteiger partial charge in [-0.1, -0.05) is 206 Å². The molecule has 0 spiro atoms. The molecule has 0 bridgehead atoms. The van der Waals surface area contributed by atoms with E-state index in [1.807, 2.05) is 12.1 Å². The molecule has 0 atom stereocenters. The fourth-order valence-corrected chi connectivity index (χ4v) is 9.19. The average molecular weight is 820 g/mol. The molecule has 64 heavy (non-hydrogen) atoms. The topological polar surface area (TPSA) is 16.4 Å². The van der Waals surface area contributed by atoms with Gasteiger partial charge in [-0.15, -0.1) is 0 Å². The van der Waals surface area contributed by atoms with Crippen molar-refractivity contribution in [1.29, 1.82) is 0 Å². The van der Waals surface area contributed by atoms with Gasteiger partial charge in [0.1, 0.15) is 11.2 Å². The maximum Gasteiger partial charge on any atom is 0.143 e. The summed E-state index contributed by atoms with van der Waals surface area (Å²) in [7, 11) is 0. The van der Waals surface area contributed by atoms with E-state index in [2.05, 4.69) is 241 Å².